The maximum absolute atomic E-state index is 11.7. The van der Waals surface area contributed by atoms with E-state index in [9.17, 15) is 8.42 Å². The van der Waals surface area contributed by atoms with Gasteiger partial charge in [0.25, 0.3) is 0 Å². The fourth-order valence-electron chi connectivity index (χ4n) is 2.73. The Morgan fingerprint density at radius 3 is 2.57 bits per heavy atom. The summed E-state index contributed by atoms with van der Waals surface area (Å²) < 4.78 is 33.9. The van der Waals surface area contributed by atoms with Crippen LogP contribution in [0, 0.1) is 0 Å². The van der Waals surface area contributed by atoms with Gasteiger partial charge in [0, 0.05) is 12.1 Å². The second-order valence-electron chi connectivity index (χ2n) is 5.46. The van der Waals surface area contributed by atoms with Crippen molar-refractivity contribution in [3.63, 3.8) is 0 Å². The van der Waals surface area contributed by atoms with E-state index < -0.39 is 9.84 Å². The second kappa shape index (κ2) is 6.66. The third kappa shape index (κ3) is 4.11. The molecule has 0 spiro atoms. The number of benzene rings is 1. The standard InChI is InChI=1S/C15H23NO4S/c1-11(16-13-5-4-8-21(17,18)10-13)12-6-7-14(19-2)15(9-12)20-3/h6-7,9,11,13,16H,4-5,8,10H2,1-3H3. The number of methoxy groups -OCH3 is 2. The topological polar surface area (TPSA) is 64.6 Å². The first kappa shape index (κ1) is 16.1. The van der Waals surface area contributed by atoms with Gasteiger partial charge in [0.2, 0.25) is 0 Å². The zero-order valence-electron chi connectivity index (χ0n) is 12.8. The Kier molecular flexibility index (Phi) is 5.11. The average Bonchev–Trinajstić information content (AvgIpc) is 2.45. The molecule has 1 fully saturated rings. The van der Waals surface area contributed by atoms with E-state index in [0.29, 0.717) is 17.3 Å². The molecule has 118 valence electrons. The lowest BCUT2D eigenvalue weighted by molar-refractivity contribution is 0.353. The molecular weight excluding hydrogens is 290 g/mol. The highest BCUT2D eigenvalue weighted by atomic mass is 32.2. The number of sulfone groups is 1. The van der Waals surface area contributed by atoms with Crippen LogP contribution in [0.15, 0.2) is 18.2 Å². The molecule has 0 aromatic heterocycles. The van der Waals surface area contributed by atoms with Gasteiger partial charge in [-0.25, -0.2) is 8.42 Å². The lowest BCUT2D eigenvalue weighted by Crippen LogP contribution is -2.41. The van der Waals surface area contributed by atoms with Crippen molar-refractivity contribution in [2.75, 3.05) is 25.7 Å². The van der Waals surface area contributed by atoms with E-state index in [0.717, 1.165) is 18.4 Å². The summed E-state index contributed by atoms with van der Waals surface area (Å²) >= 11 is 0. The van der Waals surface area contributed by atoms with Crippen LogP contribution in [-0.2, 0) is 9.84 Å². The third-order valence-corrected chi connectivity index (χ3v) is 5.68. The summed E-state index contributed by atoms with van der Waals surface area (Å²) in [5.41, 5.74) is 1.05. The molecule has 1 N–H and O–H groups in total. The zero-order valence-corrected chi connectivity index (χ0v) is 13.6. The molecule has 2 unspecified atom stereocenters. The zero-order chi connectivity index (χ0) is 15.5. The van der Waals surface area contributed by atoms with Gasteiger partial charge in [0.1, 0.15) is 0 Å². The molecule has 2 atom stereocenters. The van der Waals surface area contributed by atoms with Crippen LogP contribution in [0.1, 0.15) is 31.4 Å². The lowest BCUT2D eigenvalue weighted by atomic mass is 10.1. The van der Waals surface area contributed by atoms with Crippen molar-refractivity contribution in [2.24, 2.45) is 0 Å². The van der Waals surface area contributed by atoms with E-state index in [2.05, 4.69) is 5.32 Å². The Hall–Kier alpha value is -1.27. The van der Waals surface area contributed by atoms with Crippen molar-refractivity contribution >= 4 is 9.84 Å². The van der Waals surface area contributed by atoms with Crippen LogP contribution in [0.2, 0.25) is 0 Å². The first-order chi connectivity index (χ1) is 9.95. The molecule has 1 aliphatic rings. The molecule has 1 heterocycles. The van der Waals surface area contributed by atoms with E-state index in [1.807, 2.05) is 25.1 Å². The number of rotatable bonds is 5. The molecule has 0 aliphatic carbocycles. The molecule has 1 aliphatic heterocycles. The van der Waals surface area contributed by atoms with E-state index in [-0.39, 0.29) is 17.8 Å². The molecule has 1 saturated heterocycles. The molecule has 2 rings (SSSR count). The molecule has 6 heteroatoms. The van der Waals surface area contributed by atoms with Crippen molar-refractivity contribution in [3.8, 4) is 11.5 Å². The largest absolute Gasteiger partial charge is 0.493 e. The van der Waals surface area contributed by atoms with Crippen LogP contribution in [0.4, 0.5) is 0 Å². The van der Waals surface area contributed by atoms with Gasteiger partial charge in [-0.2, -0.15) is 0 Å². The second-order valence-corrected chi connectivity index (χ2v) is 7.69. The van der Waals surface area contributed by atoms with Gasteiger partial charge in [0.05, 0.1) is 25.7 Å². The summed E-state index contributed by atoms with van der Waals surface area (Å²) in [5, 5.41) is 3.40. The first-order valence-electron chi connectivity index (χ1n) is 7.13. The van der Waals surface area contributed by atoms with Crippen molar-refractivity contribution in [1.29, 1.82) is 0 Å². The average molecular weight is 313 g/mol. The molecule has 0 amide bonds. The van der Waals surface area contributed by atoms with E-state index >= 15 is 0 Å². The summed E-state index contributed by atoms with van der Waals surface area (Å²) in [5.74, 6) is 1.91. The summed E-state index contributed by atoms with van der Waals surface area (Å²) in [6.45, 7) is 2.03. The van der Waals surface area contributed by atoms with Crippen molar-refractivity contribution in [2.45, 2.75) is 31.8 Å². The quantitative estimate of drug-likeness (QED) is 0.900. The van der Waals surface area contributed by atoms with Gasteiger partial charge in [-0.3, -0.25) is 0 Å². The summed E-state index contributed by atoms with van der Waals surface area (Å²) in [6, 6.07) is 5.84. The van der Waals surface area contributed by atoms with Crippen LogP contribution in [0.3, 0.4) is 0 Å². The normalized spacial score (nSPS) is 22.5. The summed E-state index contributed by atoms with van der Waals surface area (Å²) in [7, 11) is 0.317. The highest BCUT2D eigenvalue weighted by molar-refractivity contribution is 7.91. The van der Waals surface area contributed by atoms with E-state index in [1.54, 1.807) is 14.2 Å². The fourth-order valence-corrected chi connectivity index (χ4v) is 4.38. The van der Waals surface area contributed by atoms with Crippen molar-refractivity contribution in [3.05, 3.63) is 23.8 Å². The molecular formula is C15H23NO4S. The van der Waals surface area contributed by atoms with Gasteiger partial charge in [-0.05, 0) is 37.5 Å². The molecule has 5 nitrogen and oxygen atoms in total. The molecule has 0 bridgehead atoms. The van der Waals surface area contributed by atoms with Gasteiger partial charge in [-0.1, -0.05) is 6.07 Å². The van der Waals surface area contributed by atoms with Crippen molar-refractivity contribution < 1.29 is 17.9 Å². The van der Waals surface area contributed by atoms with Crippen LogP contribution >= 0.6 is 0 Å². The van der Waals surface area contributed by atoms with Crippen molar-refractivity contribution in [1.82, 2.24) is 5.32 Å². The first-order valence-corrected chi connectivity index (χ1v) is 8.95. The van der Waals surface area contributed by atoms with Gasteiger partial charge in [-0.15, -0.1) is 0 Å². The molecule has 21 heavy (non-hydrogen) atoms. The van der Waals surface area contributed by atoms with E-state index in [1.165, 1.54) is 0 Å². The molecule has 1 aromatic rings. The summed E-state index contributed by atoms with van der Waals surface area (Å²) in [6.07, 6.45) is 1.63. The van der Waals surface area contributed by atoms with Crippen LogP contribution in [0.25, 0.3) is 0 Å². The lowest BCUT2D eigenvalue weighted by Gasteiger charge is -2.27. The van der Waals surface area contributed by atoms with Crippen LogP contribution in [-0.4, -0.2) is 40.2 Å². The number of ether oxygens (including phenoxy) is 2. The Balaban J connectivity index is 2.08. The predicted octanol–water partition coefficient (Wildman–Crippen LogP) is 1.93. The molecule has 1 aromatic carbocycles. The van der Waals surface area contributed by atoms with Crippen LogP contribution in [0.5, 0.6) is 11.5 Å². The maximum atomic E-state index is 11.7. The Morgan fingerprint density at radius 1 is 1.24 bits per heavy atom. The maximum Gasteiger partial charge on any atom is 0.161 e. The van der Waals surface area contributed by atoms with Gasteiger partial charge < -0.3 is 14.8 Å². The number of hydrogen-bond donors (Lipinski definition) is 1. The fraction of sp³-hybridized carbons (Fsp3) is 0.600. The monoisotopic (exact) mass is 313 g/mol. The SMILES string of the molecule is COc1ccc(C(C)NC2CCCS(=O)(=O)C2)cc1OC. The molecule has 0 radical (unpaired) electrons. The third-order valence-electron chi connectivity index (χ3n) is 3.86. The van der Waals surface area contributed by atoms with Gasteiger partial charge >= 0.3 is 0 Å². The Morgan fingerprint density at radius 2 is 1.95 bits per heavy atom. The van der Waals surface area contributed by atoms with E-state index in [4.69, 9.17) is 9.47 Å². The minimum Gasteiger partial charge on any atom is -0.493 e. The minimum atomic E-state index is -2.89. The Bertz CT molecular complexity index is 585. The number of hydrogen-bond acceptors (Lipinski definition) is 5. The minimum absolute atomic E-state index is 0.0202. The smallest absolute Gasteiger partial charge is 0.161 e. The van der Waals surface area contributed by atoms with Crippen LogP contribution < -0.4 is 14.8 Å². The predicted molar refractivity (Wildman–Crippen MR) is 82.8 cm³/mol. The number of nitrogens with one attached hydrogen (secondary N) is 1. The summed E-state index contributed by atoms with van der Waals surface area (Å²) in [4.78, 5) is 0. The van der Waals surface area contributed by atoms with Gasteiger partial charge in [0.15, 0.2) is 21.3 Å². The highest BCUT2D eigenvalue weighted by Gasteiger charge is 2.26. The molecule has 0 saturated carbocycles. The Labute approximate surface area is 126 Å². The highest BCUT2D eigenvalue weighted by Crippen LogP contribution is 2.30.